The van der Waals surface area contributed by atoms with Gasteiger partial charge >= 0.3 is 5.97 Å². The molecule has 0 bridgehead atoms. The van der Waals surface area contributed by atoms with E-state index in [0.717, 1.165) is 18.7 Å². The highest BCUT2D eigenvalue weighted by Gasteiger charge is 2.18. The number of esters is 1. The van der Waals surface area contributed by atoms with Crippen molar-refractivity contribution in [2.75, 3.05) is 20.7 Å². The third-order valence-corrected chi connectivity index (χ3v) is 2.55. The zero-order valence-electron chi connectivity index (χ0n) is 10.3. The number of aryl methyl sites for hydroxylation is 1. The van der Waals surface area contributed by atoms with Crippen molar-refractivity contribution in [1.82, 2.24) is 14.9 Å². The molecule has 0 saturated heterocycles. The zero-order chi connectivity index (χ0) is 12.7. The van der Waals surface area contributed by atoms with Crippen LogP contribution < -0.4 is 11.1 Å². The largest absolute Gasteiger partial charge is 0.468 e. The number of hydrogen-bond acceptors (Lipinski definition) is 5. The maximum atomic E-state index is 11.4. The average Bonchev–Trinajstić information content (AvgIpc) is 2.80. The summed E-state index contributed by atoms with van der Waals surface area (Å²) in [6.45, 7) is 1.51. The van der Waals surface area contributed by atoms with Crippen molar-refractivity contribution in [2.24, 2.45) is 5.73 Å². The summed E-state index contributed by atoms with van der Waals surface area (Å²) >= 11 is 0. The third-order valence-electron chi connectivity index (χ3n) is 2.55. The van der Waals surface area contributed by atoms with Crippen LogP contribution >= 0.6 is 0 Å². The molecule has 1 atom stereocenters. The molecule has 1 heterocycles. The first kappa shape index (κ1) is 13.7. The smallest absolute Gasteiger partial charge is 0.323 e. The van der Waals surface area contributed by atoms with Crippen LogP contribution in [0.4, 0.5) is 0 Å². The molecule has 96 valence electrons. The highest BCUT2D eigenvalue weighted by atomic mass is 16.5. The first-order valence-electron chi connectivity index (χ1n) is 5.67. The summed E-state index contributed by atoms with van der Waals surface area (Å²) in [7, 11) is 3.11. The van der Waals surface area contributed by atoms with Crippen molar-refractivity contribution in [3.8, 4) is 0 Å². The second-order valence-corrected chi connectivity index (χ2v) is 3.81. The van der Waals surface area contributed by atoms with E-state index < -0.39 is 0 Å². The van der Waals surface area contributed by atoms with E-state index in [-0.39, 0.29) is 12.0 Å². The maximum absolute atomic E-state index is 11.4. The quantitative estimate of drug-likeness (QED) is 0.630. The Labute approximate surface area is 101 Å². The molecular weight excluding hydrogens is 220 g/mol. The topological polar surface area (TPSA) is 82.2 Å². The van der Waals surface area contributed by atoms with E-state index in [1.165, 1.54) is 7.11 Å². The number of likely N-dealkylation sites (N-methyl/N-ethyl adjacent to an activating group) is 1. The van der Waals surface area contributed by atoms with Crippen molar-refractivity contribution in [2.45, 2.75) is 25.4 Å². The minimum atomic E-state index is -0.349. The molecule has 0 radical (unpaired) electrons. The molecule has 3 N–H and O–H groups in total. The van der Waals surface area contributed by atoms with Gasteiger partial charge in [0.25, 0.3) is 0 Å². The van der Waals surface area contributed by atoms with E-state index in [4.69, 9.17) is 10.5 Å². The van der Waals surface area contributed by atoms with Gasteiger partial charge in [-0.25, -0.2) is 4.98 Å². The number of hydrogen-bond donors (Lipinski definition) is 2. The number of imidazole rings is 1. The number of nitrogens with one attached hydrogen (secondary N) is 1. The van der Waals surface area contributed by atoms with Crippen LogP contribution in [-0.2, 0) is 22.5 Å². The Kier molecular flexibility index (Phi) is 5.65. The molecule has 0 unspecified atom stereocenters. The van der Waals surface area contributed by atoms with E-state index in [0.29, 0.717) is 13.0 Å². The van der Waals surface area contributed by atoms with Crippen molar-refractivity contribution >= 4 is 5.97 Å². The lowest BCUT2D eigenvalue weighted by Gasteiger charge is -2.11. The molecule has 0 saturated carbocycles. The number of rotatable bonds is 7. The molecule has 0 aliphatic rings. The summed E-state index contributed by atoms with van der Waals surface area (Å²) < 4.78 is 6.67. The van der Waals surface area contributed by atoms with Crippen molar-refractivity contribution in [1.29, 1.82) is 0 Å². The fourth-order valence-corrected chi connectivity index (χ4v) is 1.56. The second-order valence-electron chi connectivity index (χ2n) is 3.81. The number of carbonyl (C=O) groups excluding carboxylic acids is 1. The van der Waals surface area contributed by atoms with Crippen molar-refractivity contribution < 1.29 is 9.53 Å². The molecule has 1 aromatic heterocycles. The standard InChI is InChI=1S/C11H20N4O2/c1-13-10(11(16)17-2)6-9-7-15(8-14-9)5-3-4-12/h7-8,10,13H,3-6,12H2,1-2H3/t10-/m0/s1. The average molecular weight is 240 g/mol. The Morgan fingerprint density at radius 2 is 2.47 bits per heavy atom. The highest BCUT2D eigenvalue weighted by Crippen LogP contribution is 2.03. The van der Waals surface area contributed by atoms with E-state index in [1.807, 2.05) is 10.8 Å². The monoisotopic (exact) mass is 240 g/mol. The molecular formula is C11H20N4O2. The van der Waals surface area contributed by atoms with Crippen LogP contribution in [-0.4, -0.2) is 42.3 Å². The van der Waals surface area contributed by atoms with Crippen LogP contribution in [0.2, 0.25) is 0 Å². The molecule has 1 rings (SSSR count). The predicted molar refractivity (Wildman–Crippen MR) is 64.5 cm³/mol. The number of ether oxygens (including phenoxy) is 1. The first-order chi connectivity index (χ1) is 8.21. The molecule has 6 heteroatoms. The van der Waals surface area contributed by atoms with Gasteiger partial charge in [-0.1, -0.05) is 0 Å². The minimum Gasteiger partial charge on any atom is -0.468 e. The Bertz CT molecular complexity index is 351. The van der Waals surface area contributed by atoms with Crippen molar-refractivity contribution in [3.05, 3.63) is 18.2 Å². The van der Waals surface area contributed by atoms with Crippen LogP contribution in [0.25, 0.3) is 0 Å². The zero-order valence-corrected chi connectivity index (χ0v) is 10.3. The van der Waals surface area contributed by atoms with Gasteiger partial charge in [-0.05, 0) is 20.0 Å². The van der Waals surface area contributed by atoms with Gasteiger partial charge in [-0.3, -0.25) is 4.79 Å². The fraction of sp³-hybridized carbons (Fsp3) is 0.636. The lowest BCUT2D eigenvalue weighted by molar-refractivity contribution is -0.142. The van der Waals surface area contributed by atoms with Gasteiger partial charge < -0.3 is 20.4 Å². The Balaban J connectivity index is 2.55. The van der Waals surface area contributed by atoms with Crippen LogP contribution in [0, 0.1) is 0 Å². The SMILES string of the molecule is CN[C@@H](Cc1cn(CCCN)cn1)C(=O)OC. The van der Waals surface area contributed by atoms with E-state index in [9.17, 15) is 4.79 Å². The normalized spacial score (nSPS) is 12.4. The number of methoxy groups -OCH3 is 1. The molecule has 0 spiro atoms. The number of nitrogens with two attached hydrogens (primary N) is 1. The number of aromatic nitrogens is 2. The molecule has 1 aromatic rings. The van der Waals surface area contributed by atoms with Crippen LogP contribution in [0.15, 0.2) is 12.5 Å². The van der Waals surface area contributed by atoms with Gasteiger partial charge in [0.1, 0.15) is 6.04 Å². The number of carbonyl (C=O) groups is 1. The fourth-order valence-electron chi connectivity index (χ4n) is 1.56. The lowest BCUT2D eigenvalue weighted by atomic mass is 10.2. The first-order valence-corrected chi connectivity index (χ1v) is 5.67. The lowest BCUT2D eigenvalue weighted by Crippen LogP contribution is -2.37. The van der Waals surface area contributed by atoms with Crippen LogP contribution in [0.5, 0.6) is 0 Å². The molecule has 17 heavy (non-hydrogen) atoms. The minimum absolute atomic E-state index is 0.274. The predicted octanol–water partition coefficient (Wildman–Crippen LogP) is -0.465. The highest BCUT2D eigenvalue weighted by molar-refractivity contribution is 5.75. The molecule has 0 fully saturated rings. The van der Waals surface area contributed by atoms with E-state index >= 15 is 0 Å². The molecule has 0 amide bonds. The molecule has 0 aromatic carbocycles. The van der Waals surface area contributed by atoms with Gasteiger partial charge in [0, 0.05) is 19.2 Å². The van der Waals surface area contributed by atoms with Gasteiger partial charge in [-0.2, -0.15) is 0 Å². The van der Waals surface area contributed by atoms with Crippen molar-refractivity contribution in [3.63, 3.8) is 0 Å². The van der Waals surface area contributed by atoms with E-state index in [2.05, 4.69) is 10.3 Å². The Morgan fingerprint density at radius 1 is 1.71 bits per heavy atom. The summed E-state index contributed by atoms with van der Waals surface area (Å²) in [5.74, 6) is -0.274. The summed E-state index contributed by atoms with van der Waals surface area (Å²) in [5.41, 5.74) is 6.31. The van der Waals surface area contributed by atoms with Gasteiger partial charge in [0.05, 0.1) is 19.1 Å². The van der Waals surface area contributed by atoms with Gasteiger partial charge in [0.2, 0.25) is 0 Å². The summed E-state index contributed by atoms with van der Waals surface area (Å²) in [5, 5.41) is 2.91. The Hall–Kier alpha value is -1.40. The summed E-state index contributed by atoms with van der Waals surface area (Å²) in [6.07, 6.45) is 5.14. The van der Waals surface area contributed by atoms with E-state index in [1.54, 1.807) is 13.4 Å². The third kappa shape index (κ3) is 4.16. The van der Waals surface area contributed by atoms with Gasteiger partial charge in [-0.15, -0.1) is 0 Å². The van der Waals surface area contributed by atoms with Crippen LogP contribution in [0.1, 0.15) is 12.1 Å². The summed E-state index contributed by atoms with van der Waals surface area (Å²) in [4.78, 5) is 15.6. The summed E-state index contributed by atoms with van der Waals surface area (Å²) in [6, 6.07) is -0.349. The maximum Gasteiger partial charge on any atom is 0.323 e. The molecule has 0 aliphatic heterocycles. The van der Waals surface area contributed by atoms with Crippen LogP contribution in [0.3, 0.4) is 0 Å². The molecule has 0 aliphatic carbocycles. The van der Waals surface area contributed by atoms with Gasteiger partial charge in [0.15, 0.2) is 0 Å². The number of nitrogens with zero attached hydrogens (tertiary/aromatic N) is 2. The second kappa shape index (κ2) is 7.03. The molecule has 6 nitrogen and oxygen atoms in total. The Morgan fingerprint density at radius 3 is 3.06 bits per heavy atom.